The van der Waals surface area contributed by atoms with Gasteiger partial charge in [-0.25, -0.2) is 4.79 Å². The Hall–Kier alpha value is -0.790. The average molecular weight is 232 g/mol. The lowest BCUT2D eigenvalue weighted by Gasteiger charge is -2.66. The first kappa shape index (κ1) is 10.2. The third kappa shape index (κ3) is 1.01. The van der Waals surface area contributed by atoms with Crippen molar-refractivity contribution in [1.82, 2.24) is 0 Å². The molecule has 5 fully saturated rings. The lowest BCUT2D eigenvalue weighted by atomic mass is 9.40. The van der Waals surface area contributed by atoms with Crippen LogP contribution >= 0.6 is 0 Å². The number of hydrogen-bond acceptors (Lipinski definition) is 2. The quantitative estimate of drug-likeness (QED) is 0.540. The Morgan fingerprint density at radius 2 is 2.12 bits per heavy atom. The Bertz CT molecular complexity index is 409. The van der Waals surface area contributed by atoms with E-state index in [-0.39, 0.29) is 11.6 Å². The summed E-state index contributed by atoms with van der Waals surface area (Å²) in [5, 5.41) is 0. The molecule has 2 heteroatoms. The first-order chi connectivity index (χ1) is 8.07. The molecular formula is C15H20O2. The number of carbonyl (C=O) groups is 1. The molecule has 6 unspecified atom stereocenters. The van der Waals surface area contributed by atoms with Crippen LogP contribution in [0.2, 0.25) is 0 Å². The van der Waals surface area contributed by atoms with Crippen molar-refractivity contribution in [3.8, 4) is 0 Å². The van der Waals surface area contributed by atoms with Gasteiger partial charge in [0.25, 0.3) is 0 Å². The highest BCUT2D eigenvalue weighted by Crippen LogP contribution is 2.77. The Kier molecular flexibility index (Phi) is 1.66. The average Bonchev–Trinajstić information content (AvgIpc) is 2.44. The van der Waals surface area contributed by atoms with Crippen LogP contribution in [0.15, 0.2) is 12.7 Å². The number of rotatable bonds is 2. The highest BCUT2D eigenvalue weighted by atomic mass is 16.6. The van der Waals surface area contributed by atoms with Crippen molar-refractivity contribution in [2.75, 3.05) is 0 Å². The van der Waals surface area contributed by atoms with E-state index >= 15 is 0 Å². The number of hydrogen-bond donors (Lipinski definition) is 0. The van der Waals surface area contributed by atoms with E-state index in [0.29, 0.717) is 17.3 Å². The minimum atomic E-state index is -0.227. The Morgan fingerprint density at radius 1 is 1.29 bits per heavy atom. The van der Waals surface area contributed by atoms with Crippen LogP contribution in [0.25, 0.3) is 0 Å². The molecule has 5 aliphatic rings. The molecule has 4 bridgehead atoms. The van der Waals surface area contributed by atoms with Crippen LogP contribution in [0.1, 0.15) is 39.0 Å². The molecule has 1 spiro atoms. The summed E-state index contributed by atoms with van der Waals surface area (Å²) in [7, 11) is 0. The molecule has 0 aliphatic heterocycles. The van der Waals surface area contributed by atoms with Crippen LogP contribution in [-0.4, -0.2) is 11.6 Å². The highest BCUT2D eigenvalue weighted by molar-refractivity contribution is 5.81. The van der Waals surface area contributed by atoms with E-state index in [4.69, 9.17) is 4.74 Å². The fourth-order valence-electron chi connectivity index (χ4n) is 5.90. The maximum atomic E-state index is 11.6. The van der Waals surface area contributed by atoms with Crippen LogP contribution in [0.5, 0.6) is 0 Å². The summed E-state index contributed by atoms with van der Waals surface area (Å²) >= 11 is 0. The molecule has 2 nitrogen and oxygen atoms in total. The molecule has 0 aromatic rings. The summed E-state index contributed by atoms with van der Waals surface area (Å²) in [4.78, 5) is 11.6. The second kappa shape index (κ2) is 2.78. The van der Waals surface area contributed by atoms with Crippen LogP contribution < -0.4 is 0 Å². The number of esters is 1. The molecule has 5 saturated carbocycles. The standard InChI is InChI=1S/C15H20O2/c1-3-13(16)17-14(2)10-4-9-5-11-12(14)8-15(11,6-9)7-10/h3,9-12H,1,4-8H2,2H3. The van der Waals surface area contributed by atoms with Crippen molar-refractivity contribution in [3.63, 3.8) is 0 Å². The first-order valence-corrected chi connectivity index (χ1v) is 6.93. The normalized spacial score (nSPS) is 57.5. The molecule has 5 rings (SSSR count). The molecule has 0 N–H and O–H groups in total. The number of fused-ring (bicyclic) bond motifs is 1. The maximum absolute atomic E-state index is 11.6. The summed E-state index contributed by atoms with van der Waals surface area (Å²) in [6.07, 6.45) is 8.10. The molecule has 6 atom stereocenters. The summed E-state index contributed by atoms with van der Waals surface area (Å²) in [6.45, 7) is 5.72. The Morgan fingerprint density at radius 3 is 2.88 bits per heavy atom. The monoisotopic (exact) mass is 232 g/mol. The van der Waals surface area contributed by atoms with E-state index in [2.05, 4.69) is 13.5 Å². The Balaban J connectivity index is 1.70. The molecule has 0 amide bonds. The lowest BCUT2D eigenvalue weighted by Crippen LogP contribution is -2.65. The fourth-order valence-corrected chi connectivity index (χ4v) is 5.90. The molecule has 0 heterocycles. The smallest absolute Gasteiger partial charge is 0.330 e. The fraction of sp³-hybridized carbons (Fsp3) is 0.800. The van der Waals surface area contributed by atoms with E-state index in [1.54, 1.807) is 0 Å². The predicted molar refractivity (Wildman–Crippen MR) is 64.2 cm³/mol. The zero-order chi connectivity index (χ0) is 11.8. The summed E-state index contributed by atoms with van der Waals surface area (Å²) < 4.78 is 5.80. The van der Waals surface area contributed by atoms with Crippen LogP contribution in [0.4, 0.5) is 0 Å². The van der Waals surface area contributed by atoms with Crippen LogP contribution in [-0.2, 0) is 9.53 Å². The van der Waals surface area contributed by atoms with Gasteiger partial charge in [-0.15, -0.1) is 0 Å². The third-order valence-electron chi connectivity index (χ3n) is 6.49. The number of carbonyl (C=O) groups excluding carboxylic acids is 1. The van der Waals surface area contributed by atoms with Gasteiger partial charge in [-0.3, -0.25) is 0 Å². The number of ether oxygens (including phenoxy) is 1. The van der Waals surface area contributed by atoms with Gasteiger partial charge in [-0.2, -0.15) is 0 Å². The van der Waals surface area contributed by atoms with Crippen molar-refractivity contribution in [1.29, 1.82) is 0 Å². The van der Waals surface area contributed by atoms with Gasteiger partial charge < -0.3 is 4.74 Å². The first-order valence-electron chi connectivity index (χ1n) is 6.93. The van der Waals surface area contributed by atoms with Gasteiger partial charge in [-0.1, -0.05) is 6.58 Å². The van der Waals surface area contributed by atoms with E-state index in [0.717, 1.165) is 11.8 Å². The zero-order valence-electron chi connectivity index (χ0n) is 10.4. The summed E-state index contributed by atoms with van der Waals surface area (Å²) in [5.41, 5.74) is 0.491. The van der Waals surface area contributed by atoms with Crippen molar-refractivity contribution >= 4 is 5.97 Å². The summed E-state index contributed by atoms with van der Waals surface area (Å²) in [6, 6.07) is 0. The molecular weight excluding hydrogens is 212 g/mol. The van der Waals surface area contributed by atoms with Crippen LogP contribution in [0, 0.1) is 29.1 Å². The van der Waals surface area contributed by atoms with E-state index in [1.807, 2.05) is 0 Å². The predicted octanol–water partition coefficient (Wildman–Crippen LogP) is 2.93. The van der Waals surface area contributed by atoms with Crippen molar-refractivity contribution < 1.29 is 9.53 Å². The minimum Gasteiger partial charge on any atom is -0.456 e. The Labute approximate surface area is 102 Å². The van der Waals surface area contributed by atoms with Crippen molar-refractivity contribution in [2.45, 2.75) is 44.6 Å². The van der Waals surface area contributed by atoms with Gasteiger partial charge in [-0.05, 0) is 62.2 Å². The van der Waals surface area contributed by atoms with Crippen LogP contribution in [0.3, 0.4) is 0 Å². The van der Waals surface area contributed by atoms with Gasteiger partial charge in [0.1, 0.15) is 5.60 Å². The largest absolute Gasteiger partial charge is 0.456 e. The van der Waals surface area contributed by atoms with Gasteiger partial charge in [0, 0.05) is 12.0 Å². The molecule has 0 saturated heterocycles. The van der Waals surface area contributed by atoms with Gasteiger partial charge >= 0.3 is 5.97 Å². The zero-order valence-corrected chi connectivity index (χ0v) is 10.4. The van der Waals surface area contributed by atoms with Gasteiger partial charge in [0.05, 0.1) is 0 Å². The molecule has 5 aliphatic carbocycles. The molecule has 92 valence electrons. The maximum Gasteiger partial charge on any atom is 0.330 e. The van der Waals surface area contributed by atoms with E-state index in [9.17, 15) is 4.79 Å². The second-order valence-corrected chi connectivity index (χ2v) is 7.03. The second-order valence-electron chi connectivity index (χ2n) is 7.03. The van der Waals surface area contributed by atoms with E-state index in [1.165, 1.54) is 38.2 Å². The van der Waals surface area contributed by atoms with E-state index < -0.39 is 0 Å². The molecule has 0 aromatic carbocycles. The summed E-state index contributed by atoms with van der Waals surface area (Å²) in [5.74, 6) is 2.80. The topological polar surface area (TPSA) is 26.3 Å². The SMILES string of the molecule is C=CC(=O)OC1(C)C2CC3CC4C1CC4(C3)C2. The third-order valence-corrected chi connectivity index (χ3v) is 6.49. The van der Waals surface area contributed by atoms with Gasteiger partial charge in [0.2, 0.25) is 0 Å². The minimum absolute atomic E-state index is 0.188. The molecule has 17 heavy (non-hydrogen) atoms. The van der Waals surface area contributed by atoms with Crippen molar-refractivity contribution in [2.24, 2.45) is 29.1 Å². The molecule has 0 aromatic heterocycles. The molecule has 0 radical (unpaired) electrons. The highest BCUT2D eigenvalue weighted by Gasteiger charge is 2.73. The van der Waals surface area contributed by atoms with Gasteiger partial charge in [0.15, 0.2) is 0 Å². The van der Waals surface area contributed by atoms with Crippen molar-refractivity contribution in [3.05, 3.63) is 12.7 Å². The lowest BCUT2D eigenvalue weighted by molar-refractivity contribution is -0.242.